The Bertz CT molecular complexity index is 223. The summed E-state index contributed by atoms with van der Waals surface area (Å²) < 4.78 is 0. The molecule has 0 bridgehead atoms. The number of benzene rings is 1. The van der Waals surface area contributed by atoms with Crippen LogP contribution in [0.1, 0.15) is 6.92 Å². The average molecular weight is 169 g/mol. The number of nitrogens with one attached hydrogen (secondary N) is 1. The van der Waals surface area contributed by atoms with Gasteiger partial charge in [0.2, 0.25) is 5.91 Å². The first kappa shape index (κ1) is 10.6. The molecule has 0 heterocycles. The van der Waals surface area contributed by atoms with E-state index in [1.54, 1.807) is 0 Å². The van der Waals surface area contributed by atoms with E-state index in [1.165, 1.54) is 6.92 Å². The van der Waals surface area contributed by atoms with Crippen LogP contribution in [0.4, 0.5) is 5.69 Å². The third-order valence-corrected chi connectivity index (χ3v) is 1.09. The van der Waals surface area contributed by atoms with Gasteiger partial charge in [0.1, 0.15) is 0 Å². The van der Waals surface area contributed by atoms with Crippen LogP contribution < -0.4 is 5.32 Å². The number of rotatable bonds is 1. The van der Waals surface area contributed by atoms with Crippen LogP contribution in [0.2, 0.25) is 0 Å². The summed E-state index contributed by atoms with van der Waals surface area (Å²) in [6.45, 7) is 1.49. The summed E-state index contributed by atoms with van der Waals surface area (Å²) in [5.41, 5.74) is 0.843. The minimum absolute atomic E-state index is 0.0359. The molecule has 0 fully saturated rings. The van der Waals surface area contributed by atoms with Crippen molar-refractivity contribution >= 4 is 11.6 Å². The zero-order valence-electron chi connectivity index (χ0n) is 6.69. The highest BCUT2D eigenvalue weighted by Gasteiger charge is 1.90. The number of hydrogen-bond donors (Lipinski definition) is 3. The Morgan fingerprint density at radius 1 is 1.25 bits per heavy atom. The minimum atomic E-state index is -0.0359. The fourth-order valence-corrected chi connectivity index (χ4v) is 0.725. The second-order valence-electron chi connectivity index (χ2n) is 2.05. The number of carbonyl (C=O) groups is 1. The first-order valence-corrected chi connectivity index (χ1v) is 3.31. The molecule has 1 rings (SSSR count). The monoisotopic (exact) mass is 169 g/mol. The van der Waals surface area contributed by atoms with Crippen molar-refractivity contribution in [2.24, 2.45) is 0 Å². The second-order valence-corrected chi connectivity index (χ2v) is 2.05. The van der Waals surface area contributed by atoms with E-state index in [0.29, 0.717) is 0 Å². The largest absolute Gasteiger partial charge is 0.326 e. The minimum Gasteiger partial charge on any atom is -0.326 e. The van der Waals surface area contributed by atoms with Gasteiger partial charge >= 0.3 is 0 Å². The van der Waals surface area contributed by atoms with E-state index in [0.717, 1.165) is 5.69 Å². The molecule has 0 aliphatic carbocycles. The van der Waals surface area contributed by atoms with E-state index in [-0.39, 0.29) is 5.91 Å². The Morgan fingerprint density at radius 3 is 2.17 bits per heavy atom. The Hall–Kier alpha value is -1.39. The van der Waals surface area contributed by atoms with Gasteiger partial charge < -0.3 is 5.32 Å². The lowest BCUT2D eigenvalue weighted by Crippen LogP contribution is -2.04. The SMILES string of the molecule is CC(=O)Nc1ccccc1.OO. The van der Waals surface area contributed by atoms with Crippen molar-refractivity contribution in [1.82, 2.24) is 0 Å². The van der Waals surface area contributed by atoms with Crippen molar-refractivity contribution in [3.8, 4) is 0 Å². The van der Waals surface area contributed by atoms with Gasteiger partial charge in [0.25, 0.3) is 0 Å². The molecule has 0 radical (unpaired) electrons. The third-order valence-electron chi connectivity index (χ3n) is 1.09. The number of anilines is 1. The standard InChI is InChI=1S/C8H9NO.H2O2/c1-7(10)9-8-5-3-2-4-6-8;1-2/h2-6H,1H3,(H,9,10);1-2H. The van der Waals surface area contributed by atoms with Gasteiger partial charge in [-0.2, -0.15) is 0 Å². The van der Waals surface area contributed by atoms with Gasteiger partial charge in [-0.3, -0.25) is 15.3 Å². The van der Waals surface area contributed by atoms with E-state index < -0.39 is 0 Å². The lowest BCUT2D eigenvalue weighted by molar-refractivity contribution is -0.176. The van der Waals surface area contributed by atoms with Crippen molar-refractivity contribution in [3.05, 3.63) is 30.3 Å². The summed E-state index contributed by atoms with van der Waals surface area (Å²) in [6.07, 6.45) is 0. The molecule has 1 amide bonds. The number of carbonyl (C=O) groups excluding carboxylic acids is 1. The highest BCUT2D eigenvalue weighted by atomic mass is 17.0. The maximum Gasteiger partial charge on any atom is 0.221 e. The van der Waals surface area contributed by atoms with Gasteiger partial charge in [0.05, 0.1) is 0 Å². The molecule has 0 unspecified atom stereocenters. The third kappa shape index (κ3) is 4.43. The molecule has 12 heavy (non-hydrogen) atoms. The Kier molecular flexibility index (Phi) is 5.60. The lowest BCUT2D eigenvalue weighted by atomic mass is 10.3. The van der Waals surface area contributed by atoms with Crippen LogP contribution in [0.25, 0.3) is 0 Å². The molecule has 1 aromatic carbocycles. The average Bonchev–Trinajstić information content (AvgIpc) is 2.08. The van der Waals surface area contributed by atoms with E-state index in [2.05, 4.69) is 5.32 Å². The molecule has 0 saturated carbocycles. The van der Waals surface area contributed by atoms with Crippen LogP contribution in [0.3, 0.4) is 0 Å². The van der Waals surface area contributed by atoms with Crippen LogP contribution >= 0.6 is 0 Å². The number of para-hydroxylation sites is 1. The summed E-state index contributed by atoms with van der Waals surface area (Å²) >= 11 is 0. The molecule has 66 valence electrons. The Balaban J connectivity index is 0.000000561. The predicted octanol–water partition coefficient (Wildman–Crippen LogP) is 1.66. The Morgan fingerprint density at radius 2 is 1.75 bits per heavy atom. The highest BCUT2D eigenvalue weighted by molar-refractivity contribution is 5.88. The van der Waals surface area contributed by atoms with Gasteiger partial charge in [-0.1, -0.05) is 18.2 Å². The number of amides is 1. The number of hydrogen-bond acceptors (Lipinski definition) is 3. The van der Waals surface area contributed by atoms with Crippen LogP contribution in [0.15, 0.2) is 30.3 Å². The molecule has 1 aromatic rings. The summed E-state index contributed by atoms with van der Waals surface area (Å²) in [5, 5.41) is 14.7. The van der Waals surface area contributed by atoms with Gasteiger partial charge in [-0.25, -0.2) is 0 Å². The fourth-order valence-electron chi connectivity index (χ4n) is 0.725. The molecule has 0 atom stereocenters. The maximum atomic E-state index is 10.5. The first-order valence-electron chi connectivity index (χ1n) is 3.31. The molecule has 0 aromatic heterocycles. The normalized spacial score (nSPS) is 7.92. The zero-order valence-corrected chi connectivity index (χ0v) is 6.69. The van der Waals surface area contributed by atoms with Crippen molar-refractivity contribution in [2.45, 2.75) is 6.92 Å². The quantitative estimate of drug-likeness (QED) is 0.442. The summed E-state index contributed by atoms with van der Waals surface area (Å²) in [6, 6.07) is 9.37. The molecular weight excluding hydrogens is 158 g/mol. The zero-order chi connectivity index (χ0) is 9.40. The van der Waals surface area contributed by atoms with Gasteiger partial charge in [0.15, 0.2) is 0 Å². The molecule has 0 aliphatic rings. The molecule has 0 saturated heterocycles. The molecule has 4 nitrogen and oxygen atoms in total. The van der Waals surface area contributed by atoms with Gasteiger partial charge in [-0.15, -0.1) is 0 Å². The topological polar surface area (TPSA) is 69.6 Å². The van der Waals surface area contributed by atoms with Crippen LogP contribution in [-0.2, 0) is 4.79 Å². The summed E-state index contributed by atoms with van der Waals surface area (Å²) in [4.78, 5) is 10.5. The van der Waals surface area contributed by atoms with Crippen molar-refractivity contribution in [2.75, 3.05) is 5.32 Å². The summed E-state index contributed by atoms with van der Waals surface area (Å²) in [5.74, 6) is -0.0359. The van der Waals surface area contributed by atoms with Gasteiger partial charge in [-0.05, 0) is 12.1 Å². The Labute approximate surface area is 70.4 Å². The molecule has 0 spiro atoms. The predicted molar refractivity (Wildman–Crippen MR) is 46.0 cm³/mol. The lowest BCUT2D eigenvalue weighted by Gasteiger charge is -1.98. The van der Waals surface area contributed by atoms with Crippen molar-refractivity contribution in [1.29, 1.82) is 0 Å². The smallest absolute Gasteiger partial charge is 0.221 e. The molecule has 0 aliphatic heterocycles. The molecular formula is C8H11NO3. The highest BCUT2D eigenvalue weighted by Crippen LogP contribution is 2.03. The van der Waals surface area contributed by atoms with Crippen molar-refractivity contribution in [3.63, 3.8) is 0 Å². The summed E-state index contributed by atoms with van der Waals surface area (Å²) in [7, 11) is 0. The van der Waals surface area contributed by atoms with E-state index in [4.69, 9.17) is 10.5 Å². The van der Waals surface area contributed by atoms with E-state index in [1.807, 2.05) is 30.3 Å². The van der Waals surface area contributed by atoms with E-state index >= 15 is 0 Å². The van der Waals surface area contributed by atoms with E-state index in [9.17, 15) is 4.79 Å². The van der Waals surface area contributed by atoms with Gasteiger partial charge in [0, 0.05) is 12.6 Å². The van der Waals surface area contributed by atoms with Crippen molar-refractivity contribution < 1.29 is 15.3 Å². The van der Waals surface area contributed by atoms with Crippen LogP contribution in [0, 0.1) is 0 Å². The molecule has 4 heteroatoms. The van der Waals surface area contributed by atoms with Crippen LogP contribution in [-0.4, -0.2) is 16.4 Å². The first-order chi connectivity index (χ1) is 5.79. The fraction of sp³-hybridized carbons (Fsp3) is 0.125. The second kappa shape index (κ2) is 6.33. The maximum absolute atomic E-state index is 10.5. The van der Waals surface area contributed by atoms with Crippen LogP contribution in [0.5, 0.6) is 0 Å². The molecule has 3 N–H and O–H groups in total.